The summed E-state index contributed by atoms with van der Waals surface area (Å²) < 4.78 is 5.06. The Morgan fingerprint density at radius 1 is 1.37 bits per heavy atom. The van der Waals surface area contributed by atoms with Gasteiger partial charge in [-0.3, -0.25) is 0 Å². The van der Waals surface area contributed by atoms with Crippen LogP contribution in [0.3, 0.4) is 0 Å². The zero-order valence-electron chi connectivity index (χ0n) is 11.2. The van der Waals surface area contributed by atoms with Crippen LogP contribution in [0.25, 0.3) is 6.08 Å². The topological polar surface area (TPSA) is 68.1 Å². The summed E-state index contributed by atoms with van der Waals surface area (Å²) in [6.45, 7) is 3.15. The van der Waals surface area contributed by atoms with Crippen LogP contribution in [0.5, 0.6) is 5.75 Å². The standard InChI is InChI=1S/C14H17NO4/c1-10(15-19-11(2)14(16)17)4-5-12-6-8-13(18-3)9-7-12/h4-9,11H,1-3H3,(H,16,17)/b5-4+,15-10+. The monoisotopic (exact) mass is 263 g/mol. The average Bonchev–Trinajstić information content (AvgIpc) is 2.42. The highest BCUT2D eigenvalue weighted by Gasteiger charge is 2.10. The number of methoxy groups -OCH3 is 1. The Labute approximate surface area is 112 Å². The fraction of sp³-hybridized carbons (Fsp3) is 0.286. The molecule has 5 nitrogen and oxygen atoms in total. The van der Waals surface area contributed by atoms with Crippen LogP contribution in [-0.2, 0) is 9.63 Å². The Morgan fingerprint density at radius 2 is 2.00 bits per heavy atom. The van der Waals surface area contributed by atoms with Crippen LogP contribution in [-0.4, -0.2) is 30.0 Å². The first-order chi connectivity index (χ1) is 9.02. The molecular formula is C14H17NO4. The van der Waals surface area contributed by atoms with Crippen LogP contribution in [0.1, 0.15) is 19.4 Å². The van der Waals surface area contributed by atoms with Gasteiger partial charge in [-0.1, -0.05) is 23.4 Å². The molecule has 1 rings (SSSR count). The van der Waals surface area contributed by atoms with Gasteiger partial charge in [-0.2, -0.15) is 0 Å². The van der Waals surface area contributed by atoms with Gasteiger partial charge in [-0.25, -0.2) is 4.79 Å². The summed E-state index contributed by atoms with van der Waals surface area (Å²) in [6.07, 6.45) is 2.65. The summed E-state index contributed by atoms with van der Waals surface area (Å²) in [5.74, 6) is -0.253. The maximum atomic E-state index is 10.5. The number of nitrogens with zero attached hydrogens (tertiary/aromatic N) is 1. The van der Waals surface area contributed by atoms with Crippen LogP contribution in [0.4, 0.5) is 0 Å². The van der Waals surface area contributed by atoms with E-state index >= 15 is 0 Å². The lowest BCUT2D eigenvalue weighted by molar-refractivity contribution is -0.149. The average molecular weight is 263 g/mol. The molecule has 0 aliphatic rings. The number of carboxylic acid groups (broad SMARTS) is 1. The molecule has 0 fully saturated rings. The number of benzene rings is 1. The minimum Gasteiger partial charge on any atom is -0.497 e. The van der Waals surface area contributed by atoms with Crippen molar-refractivity contribution in [2.75, 3.05) is 7.11 Å². The highest BCUT2D eigenvalue weighted by atomic mass is 16.6. The largest absolute Gasteiger partial charge is 0.497 e. The third-order valence-corrected chi connectivity index (χ3v) is 2.34. The molecule has 0 radical (unpaired) electrons. The van der Waals surface area contributed by atoms with Crippen molar-refractivity contribution in [3.8, 4) is 5.75 Å². The number of allylic oxidation sites excluding steroid dienone is 1. The van der Waals surface area contributed by atoms with Gasteiger partial charge in [0.25, 0.3) is 0 Å². The first kappa shape index (κ1) is 14.8. The van der Waals surface area contributed by atoms with E-state index in [1.165, 1.54) is 6.92 Å². The number of carbonyl (C=O) groups is 1. The van der Waals surface area contributed by atoms with Gasteiger partial charge in [0.05, 0.1) is 12.8 Å². The van der Waals surface area contributed by atoms with E-state index in [1.807, 2.05) is 30.3 Å². The number of hydrogen-bond donors (Lipinski definition) is 1. The maximum absolute atomic E-state index is 10.5. The van der Waals surface area contributed by atoms with E-state index in [-0.39, 0.29) is 0 Å². The van der Waals surface area contributed by atoms with Gasteiger partial charge in [0.1, 0.15) is 5.75 Å². The first-order valence-corrected chi connectivity index (χ1v) is 5.78. The van der Waals surface area contributed by atoms with E-state index in [0.29, 0.717) is 5.71 Å². The van der Waals surface area contributed by atoms with Crippen LogP contribution in [0.15, 0.2) is 35.5 Å². The molecule has 0 aliphatic heterocycles. The maximum Gasteiger partial charge on any atom is 0.347 e. The second-order valence-corrected chi connectivity index (χ2v) is 3.93. The number of hydrogen-bond acceptors (Lipinski definition) is 4. The zero-order valence-corrected chi connectivity index (χ0v) is 11.2. The van der Waals surface area contributed by atoms with E-state index in [0.717, 1.165) is 11.3 Å². The highest BCUT2D eigenvalue weighted by Crippen LogP contribution is 2.12. The molecular weight excluding hydrogens is 246 g/mol. The molecule has 1 N–H and O–H groups in total. The minimum atomic E-state index is -1.05. The molecule has 0 saturated heterocycles. The van der Waals surface area contributed by atoms with Crippen molar-refractivity contribution in [1.82, 2.24) is 0 Å². The number of carboxylic acids is 1. The van der Waals surface area contributed by atoms with Gasteiger partial charge in [0, 0.05) is 0 Å². The van der Waals surface area contributed by atoms with E-state index in [9.17, 15) is 4.79 Å². The van der Waals surface area contributed by atoms with Crippen LogP contribution in [0.2, 0.25) is 0 Å². The van der Waals surface area contributed by atoms with Gasteiger partial charge in [0.15, 0.2) is 0 Å². The summed E-state index contributed by atoms with van der Waals surface area (Å²) >= 11 is 0. The predicted octanol–water partition coefficient (Wildman–Crippen LogP) is 2.57. The van der Waals surface area contributed by atoms with Crippen molar-refractivity contribution in [3.05, 3.63) is 35.9 Å². The normalized spacial score (nSPS) is 13.3. The van der Waals surface area contributed by atoms with Crippen molar-refractivity contribution >= 4 is 17.8 Å². The summed E-state index contributed by atoms with van der Waals surface area (Å²) in [6, 6.07) is 7.52. The van der Waals surface area contributed by atoms with Crippen molar-refractivity contribution in [2.45, 2.75) is 20.0 Å². The molecule has 0 bridgehead atoms. The molecule has 19 heavy (non-hydrogen) atoms. The second-order valence-electron chi connectivity index (χ2n) is 3.93. The molecule has 1 atom stereocenters. The molecule has 0 spiro atoms. The lowest BCUT2D eigenvalue weighted by Crippen LogP contribution is -2.17. The zero-order chi connectivity index (χ0) is 14.3. The van der Waals surface area contributed by atoms with Crippen LogP contribution in [0, 0.1) is 0 Å². The van der Waals surface area contributed by atoms with Crippen molar-refractivity contribution in [3.63, 3.8) is 0 Å². The fourth-order valence-electron chi connectivity index (χ4n) is 1.17. The van der Waals surface area contributed by atoms with E-state index in [4.69, 9.17) is 14.7 Å². The Balaban J connectivity index is 2.59. The summed E-state index contributed by atoms with van der Waals surface area (Å²) in [7, 11) is 1.61. The quantitative estimate of drug-likeness (QED) is 0.632. The summed E-state index contributed by atoms with van der Waals surface area (Å²) in [4.78, 5) is 15.3. The predicted molar refractivity (Wildman–Crippen MR) is 73.3 cm³/mol. The Bertz CT molecular complexity index is 477. The molecule has 5 heteroatoms. The number of oxime groups is 1. The second kappa shape index (κ2) is 7.20. The summed E-state index contributed by atoms with van der Waals surface area (Å²) in [5.41, 5.74) is 1.57. The Kier molecular flexibility index (Phi) is 5.60. The molecule has 0 amide bonds. The van der Waals surface area contributed by atoms with Gasteiger partial charge in [0.2, 0.25) is 6.10 Å². The number of aliphatic carboxylic acids is 1. The molecule has 1 unspecified atom stereocenters. The fourth-order valence-corrected chi connectivity index (χ4v) is 1.17. The molecule has 102 valence electrons. The Hall–Kier alpha value is -2.30. The van der Waals surface area contributed by atoms with Gasteiger partial charge in [-0.15, -0.1) is 0 Å². The molecule has 1 aromatic carbocycles. The van der Waals surface area contributed by atoms with Crippen molar-refractivity contribution in [2.24, 2.45) is 5.16 Å². The highest BCUT2D eigenvalue weighted by molar-refractivity contribution is 5.96. The number of ether oxygens (including phenoxy) is 1. The van der Waals surface area contributed by atoms with Gasteiger partial charge in [-0.05, 0) is 37.6 Å². The summed E-state index contributed by atoms with van der Waals surface area (Å²) in [5, 5.41) is 12.3. The van der Waals surface area contributed by atoms with Gasteiger partial charge < -0.3 is 14.7 Å². The van der Waals surface area contributed by atoms with Crippen LogP contribution < -0.4 is 4.74 Å². The lowest BCUT2D eigenvalue weighted by atomic mass is 10.2. The molecule has 1 aromatic rings. The molecule has 0 saturated carbocycles. The van der Waals surface area contributed by atoms with E-state index in [1.54, 1.807) is 20.1 Å². The molecule has 0 aromatic heterocycles. The SMILES string of the molecule is COc1ccc(/C=C/C(C)=N/OC(C)C(=O)O)cc1. The smallest absolute Gasteiger partial charge is 0.347 e. The Morgan fingerprint density at radius 3 is 2.53 bits per heavy atom. The van der Waals surface area contributed by atoms with E-state index in [2.05, 4.69) is 5.16 Å². The van der Waals surface area contributed by atoms with E-state index < -0.39 is 12.1 Å². The van der Waals surface area contributed by atoms with Crippen molar-refractivity contribution < 1.29 is 19.5 Å². The minimum absolute atomic E-state index is 0.587. The first-order valence-electron chi connectivity index (χ1n) is 5.78. The lowest BCUT2D eigenvalue weighted by Gasteiger charge is -2.03. The third-order valence-electron chi connectivity index (χ3n) is 2.34. The molecule has 0 heterocycles. The van der Waals surface area contributed by atoms with Crippen LogP contribution >= 0.6 is 0 Å². The third kappa shape index (κ3) is 5.25. The number of rotatable bonds is 6. The van der Waals surface area contributed by atoms with Gasteiger partial charge >= 0.3 is 5.97 Å². The van der Waals surface area contributed by atoms with Crippen molar-refractivity contribution in [1.29, 1.82) is 0 Å². The molecule has 0 aliphatic carbocycles.